The van der Waals surface area contributed by atoms with E-state index >= 15 is 0 Å². The zero-order chi connectivity index (χ0) is 25.9. The third-order valence-corrected chi connectivity index (χ3v) is 6.32. The van der Waals surface area contributed by atoms with E-state index in [9.17, 15) is 9.59 Å². The molecule has 0 radical (unpaired) electrons. The number of carbonyl (C=O) groups excluding carboxylic acids is 2. The number of hydrogen-bond donors (Lipinski definition) is 2. The molecule has 0 aliphatic heterocycles. The van der Waals surface area contributed by atoms with Crippen molar-refractivity contribution in [2.24, 2.45) is 0 Å². The minimum atomic E-state index is -0.348. The number of para-hydroxylation sites is 1. The van der Waals surface area contributed by atoms with Crippen molar-refractivity contribution >= 4 is 56.4 Å². The summed E-state index contributed by atoms with van der Waals surface area (Å²) in [6.07, 6.45) is 4.51. The molecule has 0 bridgehead atoms. The van der Waals surface area contributed by atoms with Gasteiger partial charge in [0.25, 0.3) is 11.8 Å². The van der Waals surface area contributed by atoms with Gasteiger partial charge in [0, 0.05) is 29.5 Å². The van der Waals surface area contributed by atoms with Gasteiger partial charge in [-0.2, -0.15) is 0 Å². The van der Waals surface area contributed by atoms with Gasteiger partial charge in [0.1, 0.15) is 5.75 Å². The molecule has 2 N–H and O–H groups in total. The highest BCUT2D eigenvalue weighted by molar-refractivity contribution is 9.10. The molecule has 3 rings (SSSR count). The Bertz CT molecular complexity index is 1200. The molecule has 0 saturated carbocycles. The van der Waals surface area contributed by atoms with Crippen molar-refractivity contribution in [1.29, 1.82) is 0 Å². The molecule has 8 heteroatoms. The zero-order valence-electron chi connectivity index (χ0n) is 20.4. The van der Waals surface area contributed by atoms with E-state index < -0.39 is 0 Å². The van der Waals surface area contributed by atoms with E-state index in [0.29, 0.717) is 33.6 Å². The van der Waals surface area contributed by atoms with Gasteiger partial charge < -0.3 is 15.0 Å². The summed E-state index contributed by atoms with van der Waals surface area (Å²) in [7, 11) is 1.73. The fraction of sp³-hybridized carbons (Fsp3) is 0.250. The van der Waals surface area contributed by atoms with Crippen molar-refractivity contribution in [1.82, 2.24) is 5.32 Å². The summed E-state index contributed by atoms with van der Waals surface area (Å²) in [5.74, 6) is 0.196. The van der Waals surface area contributed by atoms with Crippen LogP contribution in [0.25, 0.3) is 0 Å². The van der Waals surface area contributed by atoms with Crippen molar-refractivity contribution < 1.29 is 14.3 Å². The van der Waals surface area contributed by atoms with E-state index in [1.54, 1.807) is 54.4 Å². The number of rotatable bonds is 10. The van der Waals surface area contributed by atoms with Crippen LogP contribution in [0.15, 0.2) is 77.3 Å². The average Bonchev–Trinajstić information content (AvgIpc) is 2.89. The van der Waals surface area contributed by atoms with E-state index in [1.165, 1.54) is 12.8 Å². The predicted molar refractivity (Wildman–Crippen MR) is 153 cm³/mol. The van der Waals surface area contributed by atoms with Gasteiger partial charge in [-0.25, -0.2) is 0 Å². The number of carbonyl (C=O) groups is 2. The van der Waals surface area contributed by atoms with Crippen LogP contribution in [0, 0.1) is 0 Å². The quantitative estimate of drug-likeness (QED) is 0.208. The second kappa shape index (κ2) is 13.8. The Labute approximate surface area is 226 Å². The highest BCUT2D eigenvalue weighted by atomic mass is 79.9. The molecule has 0 aliphatic carbocycles. The average molecular weight is 569 g/mol. The van der Waals surface area contributed by atoms with Gasteiger partial charge in [0.15, 0.2) is 5.11 Å². The minimum Gasteiger partial charge on any atom is -0.492 e. The molecule has 6 nitrogen and oxygen atoms in total. The number of ether oxygens (including phenoxy) is 1. The Morgan fingerprint density at radius 1 is 0.944 bits per heavy atom. The Kier molecular flexibility index (Phi) is 10.5. The molecule has 0 aliphatic rings. The van der Waals surface area contributed by atoms with Crippen LogP contribution in [-0.2, 0) is 0 Å². The maximum Gasteiger partial charge on any atom is 0.258 e. The van der Waals surface area contributed by atoms with Gasteiger partial charge >= 0.3 is 0 Å². The number of benzene rings is 3. The number of anilines is 2. The fourth-order valence-electron chi connectivity index (χ4n) is 3.50. The third-order valence-electron chi connectivity index (χ3n) is 5.49. The molecule has 0 aromatic heterocycles. The maximum atomic E-state index is 12.9. The van der Waals surface area contributed by atoms with Crippen LogP contribution in [0.2, 0.25) is 0 Å². The van der Waals surface area contributed by atoms with Crippen molar-refractivity contribution in [2.45, 2.75) is 32.6 Å². The predicted octanol–water partition coefficient (Wildman–Crippen LogP) is 6.81. The van der Waals surface area contributed by atoms with Crippen molar-refractivity contribution in [3.05, 3.63) is 88.4 Å². The Balaban J connectivity index is 1.56. The first-order valence-electron chi connectivity index (χ1n) is 11.9. The first kappa shape index (κ1) is 27.4. The summed E-state index contributed by atoms with van der Waals surface area (Å²) < 4.78 is 6.51. The number of amides is 2. The van der Waals surface area contributed by atoms with Gasteiger partial charge in [0.2, 0.25) is 0 Å². The van der Waals surface area contributed by atoms with E-state index in [2.05, 4.69) is 33.5 Å². The van der Waals surface area contributed by atoms with E-state index in [-0.39, 0.29) is 16.9 Å². The second-order valence-electron chi connectivity index (χ2n) is 8.24. The molecule has 0 saturated heterocycles. The summed E-state index contributed by atoms with van der Waals surface area (Å²) in [5, 5.41) is 5.79. The topological polar surface area (TPSA) is 70.7 Å². The summed E-state index contributed by atoms with van der Waals surface area (Å²) in [5.41, 5.74) is 2.33. The molecular weight excluding hydrogens is 538 g/mol. The van der Waals surface area contributed by atoms with E-state index in [1.807, 2.05) is 30.3 Å². The summed E-state index contributed by atoms with van der Waals surface area (Å²) in [6, 6.07) is 21.6. The smallest absolute Gasteiger partial charge is 0.258 e. The number of nitrogens with zero attached hydrogens (tertiary/aromatic N) is 1. The monoisotopic (exact) mass is 567 g/mol. The van der Waals surface area contributed by atoms with Gasteiger partial charge in [-0.3, -0.25) is 14.9 Å². The molecular formula is C28H30BrN3O3S. The number of nitrogens with one attached hydrogen (secondary N) is 2. The van der Waals surface area contributed by atoms with Gasteiger partial charge in [-0.1, -0.05) is 50.5 Å². The van der Waals surface area contributed by atoms with Crippen molar-refractivity contribution in [2.75, 3.05) is 23.9 Å². The normalized spacial score (nSPS) is 10.4. The molecule has 2 amide bonds. The van der Waals surface area contributed by atoms with Crippen LogP contribution < -0.4 is 20.3 Å². The highest BCUT2D eigenvalue weighted by Crippen LogP contribution is 2.26. The van der Waals surface area contributed by atoms with Crippen LogP contribution in [0.4, 0.5) is 11.4 Å². The summed E-state index contributed by atoms with van der Waals surface area (Å²) >= 11 is 8.80. The molecule has 0 unspecified atom stereocenters. The molecule has 0 heterocycles. The fourth-order valence-corrected chi connectivity index (χ4v) is 4.20. The number of hydrogen-bond acceptors (Lipinski definition) is 4. The lowest BCUT2D eigenvalue weighted by Gasteiger charge is -2.18. The molecule has 0 atom stereocenters. The van der Waals surface area contributed by atoms with Crippen LogP contribution in [0.5, 0.6) is 5.75 Å². The molecule has 188 valence electrons. The first-order chi connectivity index (χ1) is 17.4. The molecule has 3 aromatic rings. The van der Waals surface area contributed by atoms with Crippen LogP contribution >= 0.6 is 28.1 Å². The highest BCUT2D eigenvalue weighted by Gasteiger charge is 2.15. The molecule has 3 aromatic carbocycles. The Morgan fingerprint density at radius 2 is 1.72 bits per heavy atom. The summed E-state index contributed by atoms with van der Waals surface area (Å²) in [4.78, 5) is 27.2. The number of thiocarbonyl (C=S) groups is 1. The molecule has 36 heavy (non-hydrogen) atoms. The van der Waals surface area contributed by atoms with Gasteiger partial charge in [-0.15, -0.1) is 0 Å². The van der Waals surface area contributed by atoms with Crippen LogP contribution in [0.3, 0.4) is 0 Å². The van der Waals surface area contributed by atoms with Gasteiger partial charge in [-0.05, 0) is 83.1 Å². The zero-order valence-corrected chi connectivity index (χ0v) is 22.8. The van der Waals surface area contributed by atoms with Crippen LogP contribution in [-0.4, -0.2) is 30.6 Å². The van der Waals surface area contributed by atoms with Crippen molar-refractivity contribution in [3.63, 3.8) is 0 Å². The van der Waals surface area contributed by atoms with E-state index in [0.717, 1.165) is 18.5 Å². The number of halogens is 1. The van der Waals surface area contributed by atoms with Crippen molar-refractivity contribution in [3.8, 4) is 5.75 Å². The minimum absolute atomic E-state index is 0.133. The lowest BCUT2D eigenvalue weighted by atomic mass is 10.1. The number of unbranched alkanes of at least 4 members (excludes halogenated alkanes) is 3. The SMILES string of the molecule is CCCCCCOc1ccc(C(=O)NC(=S)Nc2cccc(C(=O)N(C)c3ccccc3)c2)cc1Br. The summed E-state index contributed by atoms with van der Waals surface area (Å²) in [6.45, 7) is 2.81. The maximum absolute atomic E-state index is 12.9. The lowest BCUT2D eigenvalue weighted by molar-refractivity contribution is 0.0974. The van der Waals surface area contributed by atoms with E-state index in [4.69, 9.17) is 17.0 Å². The Hall–Kier alpha value is -3.23. The Morgan fingerprint density at radius 3 is 2.44 bits per heavy atom. The lowest BCUT2D eigenvalue weighted by Crippen LogP contribution is -2.34. The largest absolute Gasteiger partial charge is 0.492 e. The molecule has 0 spiro atoms. The van der Waals surface area contributed by atoms with Gasteiger partial charge in [0.05, 0.1) is 11.1 Å². The standard InChI is InChI=1S/C28H30BrN3O3S/c1-3-4-5-9-17-35-25-16-15-20(19-24(25)29)26(33)31-28(36)30-22-12-10-11-21(18-22)27(34)32(2)23-13-7-6-8-14-23/h6-8,10-16,18-19H,3-5,9,17H2,1-2H3,(H2,30,31,33,36). The molecule has 0 fully saturated rings. The third kappa shape index (κ3) is 7.90. The second-order valence-corrected chi connectivity index (χ2v) is 9.51. The van der Waals surface area contributed by atoms with Crippen LogP contribution in [0.1, 0.15) is 53.3 Å². The first-order valence-corrected chi connectivity index (χ1v) is 13.1.